The second kappa shape index (κ2) is 9.10. The zero-order chi connectivity index (χ0) is 15.7. The molecule has 0 aliphatic heterocycles. The summed E-state index contributed by atoms with van der Waals surface area (Å²) in [6.07, 6.45) is 0.787. The quantitative estimate of drug-likeness (QED) is 0.311. The van der Waals surface area contributed by atoms with Crippen molar-refractivity contribution in [3.8, 4) is 5.75 Å². The predicted molar refractivity (Wildman–Crippen MR) is 81.6 cm³/mol. The fourth-order valence-electron chi connectivity index (χ4n) is 1.63. The van der Waals surface area contributed by atoms with E-state index in [9.17, 15) is 10.1 Å². The molecule has 0 bridgehead atoms. The summed E-state index contributed by atoms with van der Waals surface area (Å²) in [5.41, 5.74) is 1.71. The van der Waals surface area contributed by atoms with Crippen molar-refractivity contribution in [1.29, 1.82) is 0 Å². The maximum absolute atomic E-state index is 11.1. The normalized spacial score (nSPS) is 10.4. The summed E-state index contributed by atoms with van der Waals surface area (Å²) in [6, 6.07) is 4.98. The van der Waals surface area contributed by atoms with Gasteiger partial charge in [0.25, 0.3) is 0 Å². The number of nitro benzene ring substituents is 1. The first kappa shape index (κ1) is 17.1. The Balaban J connectivity index is 2.72. The zero-order valence-electron chi connectivity index (χ0n) is 12.6. The van der Waals surface area contributed by atoms with Crippen molar-refractivity contribution in [3.05, 3.63) is 46.0 Å². The van der Waals surface area contributed by atoms with E-state index < -0.39 is 4.92 Å². The third-order valence-electron chi connectivity index (χ3n) is 2.96. The van der Waals surface area contributed by atoms with Crippen LogP contribution in [-0.2, 0) is 11.3 Å². The molecule has 0 unspecified atom stereocenters. The number of nitrogens with zero attached hydrogens (tertiary/aromatic N) is 1. The third kappa shape index (κ3) is 5.93. The molecular weight excluding hydrogens is 272 g/mol. The van der Waals surface area contributed by atoms with Crippen LogP contribution in [0.25, 0.3) is 0 Å². The van der Waals surface area contributed by atoms with Crippen molar-refractivity contribution < 1.29 is 14.4 Å². The highest BCUT2D eigenvalue weighted by molar-refractivity contribution is 5.48. The maximum Gasteiger partial charge on any atom is 0.311 e. The van der Waals surface area contributed by atoms with E-state index in [1.54, 1.807) is 13.2 Å². The minimum atomic E-state index is -0.428. The topological polar surface area (TPSA) is 73.6 Å². The summed E-state index contributed by atoms with van der Waals surface area (Å²) in [5.74, 6) is 0.273. The molecule has 0 heterocycles. The van der Waals surface area contributed by atoms with E-state index in [-0.39, 0.29) is 11.4 Å². The molecule has 1 N–H and O–H groups in total. The average Bonchev–Trinajstić information content (AvgIpc) is 2.49. The minimum Gasteiger partial charge on any atom is -0.482 e. The van der Waals surface area contributed by atoms with Crippen LogP contribution in [0.4, 0.5) is 5.69 Å². The molecule has 1 aromatic carbocycles. The number of ether oxygens (including phenoxy) is 2. The molecule has 21 heavy (non-hydrogen) atoms. The van der Waals surface area contributed by atoms with E-state index in [4.69, 9.17) is 9.47 Å². The molecule has 0 saturated heterocycles. The van der Waals surface area contributed by atoms with Gasteiger partial charge in [0.15, 0.2) is 5.75 Å². The number of nitro groups is 1. The van der Waals surface area contributed by atoms with Gasteiger partial charge in [-0.25, -0.2) is 0 Å². The molecule has 0 spiro atoms. The molecule has 0 aliphatic carbocycles. The lowest BCUT2D eigenvalue weighted by Gasteiger charge is -2.09. The highest BCUT2D eigenvalue weighted by atomic mass is 16.6. The lowest BCUT2D eigenvalue weighted by atomic mass is 10.2. The summed E-state index contributed by atoms with van der Waals surface area (Å²) in [7, 11) is 1.63. The van der Waals surface area contributed by atoms with Gasteiger partial charge in [-0.2, -0.15) is 0 Å². The summed E-state index contributed by atoms with van der Waals surface area (Å²) >= 11 is 0. The van der Waals surface area contributed by atoms with Crippen LogP contribution in [0.2, 0.25) is 0 Å². The second-order valence-corrected chi connectivity index (χ2v) is 4.62. The Bertz CT molecular complexity index is 489. The van der Waals surface area contributed by atoms with Crippen molar-refractivity contribution >= 4 is 5.69 Å². The number of hydrogen-bond acceptors (Lipinski definition) is 5. The molecule has 0 atom stereocenters. The van der Waals surface area contributed by atoms with Crippen LogP contribution < -0.4 is 10.1 Å². The van der Waals surface area contributed by atoms with Gasteiger partial charge in [-0.1, -0.05) is 19.6 Å². The Morgan fingerprint density at radius 3 is 2.86 bits per heavy atom. The molecule has 0 aliphatic rings. The molecule has 0 fully saturated rings. The SMILES string of the molecule is C=C(CC)COc1ccc(CNCCOC)cc1[N+](=O)[O-]. The van der Waals surface area contributed by atoms with Gasteiger partial charge in [0.05, 0.1) is 11.5 Å². The Morgan fingerprint density at radius 1 is 1.48 bits per heavy atom. The van der Waals surface area contributed by atoms with Crippen molar-refractivity contribution in [2.45, 2.75) is 19.9 Å². The van der Waals surface area contributed by atoms with Crippen LogP contribution in [0, 0.1) is 10.1 Å². The summed E-state index contributed by atoms with van der Waals surface area (Å²) in [5, 5.41) is 14.3. The van der Waals surface area contributed by atoms with Crippen LogP contribution in [-0.4, -0.2) is 31.8 Å². The van der Waals surface area contributed by atoms with E-state index in [0.717, 1.165) is 17.6 Å². The van der Waals surface area contributed by atoms with E-state index in [1.165, 1.54) is 6.07 Å². The number of benzene rings is 1. The summed E-state index contributed by atoms with van der Waals surface area (Å²) in [6.45, 7) is 7.92. The Kier molecular flexibility index (Phi) is 7.42. The lowest BCUT2D eigenvalue weighted by molar-refractivity contribution is -0.385. The standard InChI is InChI=1S/C15H22N2O4/c1-4-12(2)11-21-15-6-5-13(9-14(15)17(18)19)10-16-7-8-20-3/h5-6,9,16H,2,4,7-8,10-11H2,1,3H3. The Morgan fingerprint density at radius 2 is 2.24 bits per heavy atom. The molecule has 0 radical (unpaired) electrons. The van der Waals surface area contributed by atoms with E-state index >= 15 is 0 Å². The van der Waals surface area contributed by atoms with Crippen molar-refractivity contribution in [3.63, 3.8) is 0 Å². The van der Waals surface area contributed by atoms with Crippen molar-refractivity contribution in [2.75, 3.05) is 26.9 Å². The third-order valence-corrected chi connectivity index (χ3v) is 2.96. The number of nitrogens with one attached hydrogen (secondary N) is 1. The lowest BCUT2D eigenvalue weighted by Crippen LogP contribution is -2.18. The minimum absolute atomic E-state index is 0.0232. The fraction of sp³-hybridized carbons (Fsp3) is 0.467. The van der Waals surface area contributed by atoms with Crippen molar-refractivity contribution in [2.24, 2.45) is 0 Å². The first-order chi connectivity index (χ1) is 10.1. The van der Waals surface area contributed by atoms with Crippen LogP contribution >= 0.6 is 0 Å². The number of methoxy groups -OCH3 is 1. The van der Waals surface area contributed by atoms with Crippen LogP contribution in [0.15, 0.2) is 30.4 Å². The molecule has 0 aromatic heterocycles. The first-order valence-corrected chi connectivity index (χ1v) is 6.84. The van der Waals surface area contributed by atoms with E-state index in [2.05, 4.69) is 11.9 Å². The smallest absolute Gasteiger partial charge is 0.311 e. The van der Waals surface area contributed by atoms with Gasteiger partial charge < -0.3 is 14.8 Å². The highest BCUT2D eigenvalue weighted by Crippen LogP contribution is 2.28. The zero-order valence-corrected chi connectivity index (χ0v) is 12.6. The number of hydrogen-bond donors (Lipinski definition) is 1. The largest absolute Gasteiger partial charge is 0.482 e. The van der Waals surface area contributed by atoms with Gasteiger partial charge in [0.2, 0.25) is 0 Å². The molecule has 6 nitrogen and oxygen atoms in total. The van der Waals surface area contributed by atoms with Gasteiger partial charge in [-0.05, 0) is 23.6 Å². The number of rotatable bonds is 10. The molecule has 0 saturated carbocycles. The molecule has 1 aromatic rings. The van der Waals surface area contributed by atoms with E-state index in [0.29, 0.717) is 26.3 Å². The molecular formula is C15H22N2O4. The van der Waals surface area contributed by atoms with Crippen LogP contribution in [0.1, 0.15) is 18.9 Å². The van der Waals surface area contributed by atoms with Gasteiger partial charge in [-0.15, -0.1) is 0 Å². The Hall–Kier alpha value is -1.92. The van der Waals surface area contributed by atoms with Gasteiger partial charge >= 0.3 is 5.69 Å². The monoisotopic (exact) mass is 294 g/mol. The molecule has 116 valence electrons. The van der Waals surface area contributed by atoms with Gasteiger partial charge in [-0.3, -0.25) is 10.1 Å². The maximum atomic E-state index is 11.1. The van der Waals surface area contributed by atoms with E-state index in [1.807, 2.05) is 13.0 Å². The van der Waals surface area contributed by atoms with Crippen molar-refractivity contribution in [1.82, 2.24) is 5.32 Å². The van der Waals surface area contributed by atoms with Gasteiger partial charge in [0.1, 0.15) is 6.61 Å². The summed E-state index contributed by atoms with van der Waals surface area (Å²) < 4.78 is 10.4. The second-order valence-electron chi connectivity index (χ2n) is 4.62. The average molecular weight is 294 g/mol. The Labute approximate surface area is 124 Å². The summed E-state index contributed by atoms with van der Waals surface area (Å²) in [4.78, 5) is 10.7. The van der Waals surface area contributed by atoms with Crippen LogP contribution in [0.3, 0.4) is 0 Å². The molecule has 1 rings (SSSR count). The molecule has 0 amide bonds. The van der Waals surface area contributed by atoms with Gasteiger partial charge in [0, 0.05) is 26.3 Å². The molecule has 6 heteroatoms. The highest BCUT2D eigenvalue weighted by Gasteiger charge is 2.16. The predicted octanol–water partition coefficient (Wildman–Crippen LogP) is 2.68. The fourth-order valence-corrected chi connectivity index (χ4v) is 1.63. The first-order valence-electron chi connectivity index (χ1n) is 6.84. The van der Waals surface area contributed by atoms with Crippen LogP contribution in [0.5, 0.6) is 5.75 Å².